The number of thioether (sulfide) groups is 1. The minimum absolute atomic E-state index is 0.0699. The van der Waals surface area contributed by atoms with Crippen LogP contribution in [0.15, 0.2) is 63.9 Å². The molecule has 1 amide bonds. The Hall–Kier alpha value is -3.94. The fourth-order valence-corrected chi connectivity index (χ4v) is 5.23. The van der Waals surface area contributed by atoms with Gasteiger partial charge in [-0.1, -0.05) is 36.0 Å². The van der Waals surface area contributed by atoms with Crippen LogP contribution in [0.2, 0.25) is 0 Å². The number of aromatic nitrogens is 4. The molecular formula is C24H18N6O2S2. The maximum absolute atomic E-state index is 13.5. The summed E-state index contributed by atoms with van der Waals surface area (Å²) < 4.78 is 3.38. The second-order valence-electron chi connectivity index (χ2n) is 7.68. The van der Waals surface area contributed by atoms with Crippen LogP contribution in [0.1, 0.15) is 16.7 Å². The van der Waals surface area contributed by atoms with Crippen molar-refractivity contribution in [2.45, 2.75) is 19.0 Å². The molecular weight excluding hydrogens is 468 g/mol. The van der Waals surface area contributed by atoms with Gasteiger partial charge in [-0.05, 0) is 54.6 Å². The Labute approximate surface area is 202 Å². The Balaban J connectivity index is 1.59. The van der Waals surface area contributed by atoms with Gasteiger partial charge in [-0.3, -0.25) is 14.0 Å². The first-order valence-corrected chi connectivity index (χ1v) is 12.2. The zero-order valence-corrected chi connectivity index (χ0v) is 19.9. The molecule has 3 aromatic heterocycles. The highest BCUT2D eigenvalue weighted by Crippen LogP contribution is 2.26. The van der Waals surface area contributed by atoms with Gasteiger partial charge in [0, 0.05) is 0 Å². The number of carbonyl (C=O) groups excluding carboxylic acids is 1. The average molecular weight is 487 g/mol. The van der Waals surface area contributed by atoms with Gasteiger partial charge in [0.25, 0.3) is 5.56 Å². The molecule has 0 atom stereocenters. The lowest BCUT2D eigenvalue weighted by atomic mass is 10.1. The third kappa shape index (κ3) is 3.75. The molecule has 0 aliphatic carbocycles. The van der Waals surface area contributed by atoms with Crippen molar-refractivity contribution >= 4 is 50.7 Å². The fourth-order valence-electron chi connectivity index (χ4n) is 3.74. The molecule has 0 radical (unpaired) electrons. The van der Waals surface area contributed by atoms with Crippen LogP contribution in [0.25, 0.3) is 22.4 Å². The molecule has 5 rings (SSSR count). The number of carbonyl (C=O) groups is 1. The molecule has 0 saturated heterocycles. The van der Waals surface area contributed by atoms with E-state index in [0.29, 0.717) is 32.4 Å². The Bertz CT molecular complexity index is 1670. The number of nitriles is 1. The summed E-state index contributed by atoms with van der Waals surface area (Å²) in [6, 6.07) is 16.9. The van der Waals surface area contributed by atoms with E-state index in [0.717, 1.165) is 16.8 Å². The Morgan fingerprint density at radius 1 is 1.18 bits per heavy atom. The van der Waals surface area contributed by atoms with Gasteiger partial charge in [-0.2, -0.15) is 5.26 Å². The van der Waals surface area contributed by atoms with E-state index in [4.69, 9.17) is 5.26 Å². The number of hydrogen-bond acceptors (Lipinski definition) is 7. The number of nitrogens with zero attached hydrogens (tertiary/aromatic N) is 5. The van der Waals surface area contributed by atoms with Crippen molar-refractivity contribution < 1.29 is 4.79 Å². The monoisotopic (exact) mass is 486 g/mol. The van der Waals surface area contributed by atoms with Crippen molar-refractivity contribution in [3.63, 3.8) is 0 Å². The molecule has 0 saturated carbocycles. The predicted octanol–water partition coefficient (Wildman–Crippen LogP) is 4.31. The first-order chi connectivity index (χ1) is 16.5. The molecule has 0 bridgehead atoms. The Morgan fingerprint density at radius 2 is 2.00 bits per heavy atom. The van der Waals surface area contributed by atoms with Gasteiger partial charge < -0.3 is 5.32 Å². The third-order valence-corrected chi connectivity index (χ3v) is 7.13. The molecule has 0 fully saturated rings. The number of anilines is 1. The largest absolute Gasteiger partial charge is 0.316 e. The smallest absolute Gasteiger partial charge is 0.267 e. The highest BCUT2D eigenvalue weighted by Gasteiger charge is 2.20. The molecule has 5 aromatic rings. The Morgan fingerprint density at radius 3 is 2.82 bits per heavy atom. The molecule has 10 heteroatoms. The summed E-state index contributed by atoms with van der Waals surface area (Å²) >= 11 is 2.51. The summed E-state index contributed by atoms with van der Waals surface area (Å²) in [5.74, 6) is 0.193. The zero-order valence-electron chi connectivity index (χ0n) is 18.3. The van der Waals surface area contributed by atoms with Gasteiger partial charge >= 0.3 is 0 Å². The highest BCUT2D eigenvalue weighted by molar-refractivity contribution is 7.99. The minimum Gasteiger partial charge on any atom is -0.316 e. The molecule has 168 valence electrons. The maximum atomic E-state index is 13.5. The van der Waals surface area contributed by atoms with Gasteiger partial charge in [0.05, 0.1) is 27.9 Å². The number of benzene rings is 2. The summed E-state index contributed by atoms with van der Waals surface area (Å²) in [5.41, 5.74) is 3.62. The van der Waals surface area contributed by atoms with Crippen molar-refractivity contribution in [2.24, 2.45) is 0 Å². The minimum atomic E-state index is -0.257. The SMILES string of the molecule is Cc1ccc(C)c(-n2c(=O)c3ccccc3n3c(SCC(=O)Nc4sccc4C#N)nnc23)c1. The molecule has 0 spiro atoms. The normalized spacial score (nSPS) is 11.1. The summed E-state index contributed by atoms with van der Waals surface area (Å²) in [7, 11) is 0. The molecule has 8 nitrogen and oxygen atoms in total. The standard InChI is InChI=1S/C24H18N6O2S2/c1-14-7-8-15(2)19(11-14)29-22(32)17-5-3-4-6-18(17)30-23(29)27-28-24(30)34-13-20(31)26-21-16(12-25)9-10-33-21/h3-11H,13H2,1-2H3,(H,26,31). The van der Waals surface area contributed by atoms with E-state index in [1.807, 2.05) is 54.6 Å². The molecule has 2 aromatic carbocycles. The number of nitrogens with one attached hydrogen (secondary N) is 1. The van der Waals surface area contributed by atoms with Crippen LogP contribution in [0.4, 0.5) is 5.00 Å². The van der Waals surface area contributed by atoms with Crippen molar-refractivity contribution in [3.8, 4) is 11.8 Å². The summed E-state index contributed by atoms with van der Waals surface area (Å²) in [4.78, 5) is 26.1. The zero-order chi connectivity index (χ0) is 23.8. The van der Waals surface area contributed by atoms with E-state index in [9.17, 15) is 9.59 Å². The van der Waals surface area contributed by atoms with Crippen molar-refractivity contribution in [2.75, 3.05) is 11.1 Å². The van der Waals surface area contributed by atoms with Gasteiger partial charge in [-0.25, -0.2) is 4.57 Å². The lowest BCUT2D eigenvalue weighted by Gasteiger charge is -2.14. The molecule has 0 aliphatic rings. The number of rotatable bonds is 5. The van der Waals surface area contributed by atoms with Gasteiger partial charge in [0.2, 0.25) is 11.7 Å². The van der Waals surface area contributed by atoms with Crippen molar-refractivity contribution in [1.29, 1.82) is 5.26 Å². The summed E-state index contributed by atoms with van der Waals surface area (Å²) in [6.07, 6.45) is 0. The number of aryl methyl sites for hydroxylation is 2. The van der Waals surface area contributed by atoms with Crippen LogP contribution in [-0.4, -0.2) is 30.8 Å². The number of para-hydroxylation sites is 1. The third-order valence-electron chi connectivity index (χ3n) is 5.37. The average Bonchev–Trinajstić information content (AvgIpc) is 3.47. The summed E-state index contributed by atoms with van der Waals surface area (Å²) in [6.45, 7) is 3.92. The molecule has 3 heterocycles. The summed E-state index contributed by atoms with van der Waals surface area (Å²) in [5, 5.41) is 23.9. The fraction of sp³-hybridized carbons (Fsp3) is 0.125. The van der Waals surface area contributed by atoms with E-state index in [1.54, 1.807) is 22.1 Å². The highest BCUT2D eigenvalue weighted by atomic mass is 32.2. The van der Waals surface area contributed by atoms with Gasteiger partial charge in [0.1, 0.15) is 11.1 Å². The van der Waals surface area contributed by atoms with E-state index in [-0.39, 0.29) is 17.2 Å². The second-order valence-corrected chi connectivity index (χ2v) is 9.54. The van der Waals surface area contributed by atoms with Crippen molar-refractivity contribution in [1.82, 2.24) is 19.2 Å². The Kier molecular flexibility index (Phi) is 5.65. The predicted molar refractivity (Wildman–Crippen MR) is 134 cm³/mol. The van der Waals surface area contributed by atoms with Crippen LogP contribution in [0.3, 0.4) is 0 Å². The number of amides is 1. The van der Waals surface area contributed by atoms with Crippen LogP contribution in [0, 0.1) is 25.2 Å². The van der Waals surface area contributed by atoms with Crippen LogP contribution < -0.4 is 10.9 Å². The first kappa shape index (κ1) is 21.9. The van der Waals surface area contributed by atoms with E-state index >= 15 is 0 Å². The quantitative estimate of drug-likeness (QED) is 0.371. The van der Waals surface area contributed by atoms with Gasteiger partial charge in [-0.15, -0.1) is 21.5 Å². The van der Waals surface area contributed by atoms with E-state index < -0.39 is 0 Å². The van der Waals surface area contributed by atoms with E-state index in [1.165, 1.54) is 23.1 Å². The van der Waals surface area contributed by atoms with Crippen LogP contribution in [-0.2, 0) is 4.79 Å². The van der Waals surface area contributed by atoms with E-state index in [2.05, 4.69) is 21.6 Å². The topological polar surface area (TPSA) is 105 Å². The lowest BCUT2D eigenvalue weighted by Crippen LogP contribution is -2.22. The molecule has 1 N–H and O–H groups in total. The lowest BCUT2D eigenvalue weighted by molar-refractivity contribution is -0.113. The maximum Gasteiger partial charge on any atom is 0.267 e. The van der Waals surface area contributed by atoms with Crippen LogP contribution >= 0.6 is 23.1 Å². The van der Waals surface area contributed by atoms with Gasteiger partial charge in [0.15, 0.2) is 5.16 Å². The first-order valence-electron chi connectivity index (χ1n) is 10.3. The molecule has 0 unspecified atom stereocenters. The molecule has 0 aliphatic heterocycles. The van der Waals surface area contributed by atoms with Crippen LogP contribution in [0.5, 0.6) is 0 Å². The second kappa shape index (κ2) is 8.78. The number of thiophene rings is 1. The number of fused-ring (bicyclic) bond motifs is 3. The molecule has 34 heavy (non-hydrogen) atoms. The van der Waals surface area contributed by atoms with Crippen molar-refractivity contribution in [3.05, 3.63) is 81.0 Å². The number of hydrogen-bond donors (Lipinski definition) is 1.